The van der Waals surface area contributed by atoms with E-state index in [2.05, 4.69) is 35.0 Å². The Hall–Kier alpha value is -0.240. The molecule has 1 atom stereocenters. The predicted molar refractivity (Wildman–Crippen MR) is 94.1 cm³/mol. The Kier molecular flexibility index (Phi) is 9.33. The maximum atomic E-state index is 5.91. The Morgan fingerprint density at radius 2 is 1.55 bits per heavy atom. The molecule has 0 aliphatic heterocycles. The molecule has 2 heteroatoms. The van der Waals surface area contributed by atoms with Gasteiger partial charge in [-0.1, -0.05) is 99.2 Å². The second kappa shape index (κ2) is 10.5. The molecule has 0 radical (unpaired) electrons. The second-order valence-corrected chi connectivity index (χ2v) is 7.82. The van der Waals surface area contributed by atoms with Crippen molar-refractivity contribution in [1.82, 2.24) is 0 Å². The van der Waals surface area contributed by atoms with E-state index in [4.69, 9.17) is 5.73 Å². The highest BCUT2D eigenvalue weighted by atomic mass is 79.9. The zero-order chi connectivity index (χ0) is 14.7. The van der Waals surface area contributed by atoms with Crippen LogP contribution in [0, 0.1) is 0 Å². The van der Waals surface area contributed by atoms with Gasteiger partial charge in [0, 0.05) is 16.4 Å². The van der Waals surface area contributed by atoms with Gasteiger partial charge in [-0.05, 0) is 12.5 Å². The van der Waals surface area contributed by atoms with Crippen LogP contribution in [0.25, 0.3) is 0 Å². The standard InChI is InChI=1S/C18H32BrN/c1-2-3-4-5-6-7-8-9-10-11-14-18(19)15-12-13-17(20)16-18/h12-13,15H,2-11,14,16,20H2,1H3. The number of nitrogens with two attached hydrogens (primary N) is 1. The molecule has 1 rings (SSSR count). The van der Waals surface area contributed by atoms with Crippen molar-refractivity contribution in [3.8, 4) is 0 Å². The van der Waals surface area contributed by atoms with Crippen LogP contribution >= 0.6 is 15.9 Å². The zero-order valence-electron chi connectivity index (χ0n) is 13.2. The lowest BCUT2D eigenvalue weighted by Crippen LogP contribution is -2.23. The van der Waals surface area contributed by atoms with Crippen LogP contribution in [-0.2, 0) is 0 Å². The van der Waals surface area contributed by atoms with Crippen molar-refractivity contribution in [3.63, 3.8) is 0 Å². The summed E-state index contributed by atoms with van der Waals surface area (Å²) >= 11 is 3.85. The first-order valence-electron chi connectivity index (χ1n) is 8.49. The lowest BCUT2D eigenvalue weighted by Gasteiger charge is -2.26. The third kappa shape index (κ3) is 8.14. The first-order valence-corrected chi connectivity index (χ1v) is 9.28. The van der Waals surface area contributed by atoms with E-state index in [1.165, 1.54) is 70.6 Å². The highest BCUT2D eigenvalue weighted by molar-refractivity contribution is 9.10. The van der Waals surface area contributed by atoms with Gasteiger partial charge in [-0.15, -0.1) is 0 Å². The molecule has 1 aliphatic carbocycles. The molecule has 0 spiro atoms. The first-order chi connectivity index (χ1) is 9.66. The van der Waals surface area contributed by atoms with Crippen molar-refractivity contribution in [2.24, 2.45) is 5.73 Å². The number of unbranched alkanes of at least 4 members (excludes halogenated alkanes) is 9. The number of alkyl halides is 1. The number of halogens is 1. The molecule has 0 bridgehead atoms. The van der Waals surface area contributed by atoms with Crippen LogP contribution in [-0.4, -0.2) is 4.32 Å². The third-order valence-corrected chi connectivity index (χ3v) is 5.09. The SMILES string of the molecule is CCCCCCCCCCCCC1(Br)C=CC=C(N)C1. The van der Waals surface area contributed by atoms with Crippen LogP contribution in [0.3, 0.4) is 0 Å². The smallest absolute Gasteiger partial charge is 0.0494 e. The van der Waals surface area contributed by atoms with Gasteiger partial charge in [-0.25, -0.2) is 0 Å². The van der Waals surface area contributed by atoms with Gasteiger partial charge in [-0.2, -0.15) is 0 Å². The van der Waals surface area contributed by atoms with Crippen molar-refractivity contribution in [2.45, 2.75) is 88.3 Å². The molecule has 0 saturated carbocycles. The summed E-state index contributed by atoms with van der Waals surface area (Å²) in [5.41, 5.74) is 6.91. The maximum absolute atomic E-state index is 5.91. The largest absolute Gasteiger partial charge is 0.402 e. The van der Waals surface area contributed by atoms with Crippen LogP contribution in [0.1, 0.15) is 84.0 Å². The highest BCUT2D eigenvalue weighted by Crippen LogP contribution is 2.35. The van der Waals surface area contributed by atoms with Gasteiger partial charge in [0.15, 0.2) is 0 Å². The van der Waals surface area contributed by atoms with Gasteiger partial charge in [0.25, 0.3) is 0 Å². The average Bonchev–Trinajstić information content (AvgIpc) is 2.40. The fourth-order valence-corrected chi connectivity index (χ4v) is 3.64. The Labute approximate surface area is 134 Å². The summed E-state index contributed by atoms with van der Waals surface area (Å²) < 4.78 is 0.131. The van der Waals surface area contributed by atoms with Crippen molar-refractivity contribution in [3.05, 3.63) is 23.9 Å². The maximum Gasteiger partial charge on any atom is 0.0494 e. The molecule has 1 aliphatic rings. The summed E-state index contributed by atoms with van der Waals surface area (Å²) in [5, 5.41) is 0. The lowest BCUT2D eigenvalue weighted by molar-refractivity contribution is 0.528. The number of allylic oxidation sites excluding steroid dienone is 4. The Balaban J connectivity index is 1.92. The van der Waals surface area contributed by atoms with E-state index in [0.29, 0.717) is 0 Å². The molecule has 0 saturated heterocycles. The molecule has 0 fully saturated rings. The van der Waals surface area contributed by atoms with Gasteiger partial charge in [0.1, 0.15) is 0 Å². The average molecular weight is 342 g/mol. The van der Waals surface area contributed by atoms with Crippen molar-refractivity contribution in [2.75, 3.05) is 0 Å². The Morgan fingerprint density at radius 1 is 1.00 bits per heavy atom. The van der Waals surface area contributed by atoms with Crippen LogP contribution in [0.2, 0.25) is 0 Å². The molecule has 1 unspecified atom stereocenters. The summed E-state index contributed by atoms with van der Waals surface area (Å²) in [6.45, 7) is 2.28. The minimum Gasteiger partial charge on any atom is -0.402 e. The van der Waals surface area contributed by atoms with Gasteiger partial charge >= 0.3 is 0 Å². The van der Waals surface area contributed by atoms with Gasteiger partial charge < -0.3 is 5.73 Å². The topological polar surface area (TPSA) is 26.0 Å². The Morgan fingerprint density at radius 3 is 2.10 bits per heavy atom. The lowest BCUT2D eigenvalue weighted by atomic mass is 9.92. The van der Waals surface area contributed by atoms with Crippen molar-refractivity contribution < 1.29 is 0 Å². The molecule has 1 nitrogen and oxygen atoms in total. The summed E-state index contributed by atoms with van der Waals surface area (Å²) in [6, 6.07) is 0. The van der Waals surface area contributed by atoms with Crippen LogP contribution in [0.5, 0.6) is 0 Å². The summed E-state index contributed by atoms with van der Waals surface area (Å²) in [6.07, 6.45) is 22.5. The Bertz CT molecular complexity index is 309. The van der Waals surface area contributed by atoms with Crippen molar-refractivity contribution in [1.29, 1.82) is 0 Å². The fraction of sp³-hybridized carbons (Fsp3) is 0.778. The highest BCUT2D eigenvalue weighted by Gasteiger charge is 2.25. The minimum atomic E-state index is 0.131. The fourth-order valence-electron chi connectivity index (χ4n) is 2.88. The predicted octanol–water partition coefficient (Wildman–Crippen LogP) is 6.23. The molecule has 20 heavy (non-hydrogen) atoms. The van der Waals surface area contributed by atoms with E-state index >= 15 is 0 Å². The summed E-state index contributed by atoms with van der Waals surface area (Å²) in [7, 11) is 0. The van der Waals surface area contributed by atoms with Crippen LogP contribution in [0.15, 0.2) is 23.9 Å². The van der Waals surface area contributed by atoms with E-state index in [1.807, 2.05) is 6.08 Å². The second-order valence-electron chi connectivity index (χ2n) is 6.24. The van der Waals surface area contributed by atoms with Gasteiger partial charge in [0.2, 0.25) is 0 Å². The molecular weight excluding hydrogens is 310 g/mol. The van der Waals surface area contributed by atoms with Crippen molar-refractivity contribution >= 4 is 15.9 Å². The van der Waals surface area contributed by atoms with Crippen LogP contribution in [0.4, 0.5) is 0 Å². The number of hydrogen-bond acceptors (Lipinski definition) is 1. The van der Waals surface area contributed by atoms with Gasteiger partial charge in [-0.3, -0.25) is 0 Å². The van der Waals surface area contributed by atoms with E-state index in [9.17, 15) is 0 Å². The number of rotatable bonds is 11. The molecule has 0 aromatic heterocycles. The third-order valence-electron chi connectivity index (χ3n) is 4.15. The number of hydrogen-bond donors (Lipinski definition) is 1. The molecule has 0 heterocycles. The van der Waals surface area contributed by atoms with Gasteiger partial charge in [0.05, 0.1) is 0 Å². The summed E-state index contributed by atoms with van der Waals surface area (Å²) in [4.78, 5) is 0. The first kappa shape index (κ1) is 17.8. The monoisotopic (exact) mass is 341 g/mol. The van der Waals surface area contributed by atoms with E-state index in [1.54, 1.807) is 0 Å². The molecule has 0 aromatic carbocycles. The molecule has 0 aromatic rings. The van der Waals surface area contributed by atoms with E-state index in [-0.39, 0.29) is 4.32 Å². The quantitative estimate of drug-likeness (QED) is 0.349. The molecular formula is C18H32BrN. The molecule has 0 amide bonds. The van der Waals surface area contributed by atoms with E-state index < -0.39 is 0 Å². The van der Waals surface area contributed by atoms with Crippen LogP contribution < -0.4 is 5.73 Å². The zero-order valence-corrected chi connectivity index (χ0v) is 14.8. The summed E-state index contributed by atoms with van der Waals surface area (Å²) in [5.74, 6) is 0. The van der Waals surface area contributed by atoms with E-state index in [0.717, 1.165) is 12.1 Å². The normalized spacial score (nSPS) is 22.0. The molecule has 116 valence electrons. The minimum absolute atomic E-state index is 0.131. The molecule has 2 N–H and O–H groups in total.